The zero-order valence-corrected chi connectivity index (χ0v) is 15.0. The van der Waals surface area contributed by atoms with Crippen LogP contribution in [0, 0.1) is 3.57 Å². The molecule has 1 aromatic rings. The third-order valence-corrected chi connectivity index (χ3v) is 4.32. The fraction of sp³-hybridized carbons (Fsp3) is 0.267. The van der Waals surface area contributed by atoms with E-state index in [-0.39, 0.29) is 12.6 Å². The summed E-state index contributed by atoms with van der Waals surface area (Å²) >= 11 is 3.02. The molecular formula is C15H14INO4S. The van der Waals surface area contributed by atoms with E-state index in [4.69, 9.17) is 4.74 Å². The van der Waals surface area contributed by atoms with Crippen molar-refractivity contribution in [2.24, 2.45) is 0 Å². The van der Waals surface area contributed by atoms with Gasteiger partial charge in [0, 0.05) is 3.57 Å². The molecule has 0 radical (unpaired) electrons. The summed E-state index contributed by atoms with van der Waals surface area (Å²) in [7, 11) is 0. The van der Waals surface area contributed by atoms with Gasteiger partial charge in [0.15, 0.2) is 0 Å². The van der Waals surface area contributed by atoms with Crippen LogP contribution in [0.3, 0.4) is 0 Å². The Hall–Kier alpha value is -1.35. The Morgan fingerprint density at radius 2 is 1.95 bits per heavy atom. The summed E-state index contributed by atoms with van der Waals surface area (Å²) < 4.78 is 6.04. The van der Waals surface area contributed by atoms with Gasteiger partial charge in [0.25, 0.3) is 11.1 Å². The number of carbonyl (C=O) groups excluding carboxylic acids is 3. The summed E-state index contributed by atoms with van der Waals surface area (Å²) in [6, 6.07) is 7.55. The van der Waals surface area contributed by atoms with Crippen LogP contribution in [0.5, 0.6) is 0 Å². The Morgan fingerprint density at radius 1 is 1.32 bits per heavy atom. The van der Waals surface area contributed by atoms with Crippen LogP contribution in [0.25, 0.3) is 6.08 Å². The Labute approximate surface area is 146 Å². The van der Waals surface area contributed by atoms with E-state index < -0.39 is 17.1 Å². The molecule has 7 heteroatoms. The van der Waals surface area contributed by atoms with Crippen molar-refractivity contribution in [3.8, 4) is 0 Å². The van der Waals surface area contributed by atoms with Crippen molar-refractivity contribution in [2.75, 3.05) is 6.54 Å². The van der Waals surface area contributed by atoms with E-state index in [0.29, 0.717) is 4.91 Å². The number of esters is 1. The molecule has 1 aliphatic heterocycles. The van der Waals surface area contributed by atoms with Crippen LogP contribution in [0.2, 0.25) is 0 Å². The number of hydrogen-bond donors (Lipinski definition) is 0. The van der Waals surface area contributed by atoms with Crippen molar-refractivity contribution in [1.29, 1.82) is 0 Å². The summed E-state index contributed by atoms with van der Waals surface area (Å²) in [6.07, 6.45) is 1.36. The normalized spacial score (nSPS) is 16.7. The minimum Gasteiger partial charge on any atom is -0.462 e. The highest BCUT2D eigenvalue weighted by Gasteiger charge is 2.36. The zero-order chi connectivity index (χ0) is 16.3. The standard InChI is InChI=1S/C15H14INO4S/c1-9(2)21-13(18)8-17-14(19)12(22-15(17)20)7-10-3-5-11(16)6-4-10/h3-7,9H,8H2,1-2H3/b12-7+. The van der Waals surface area contributed by atoms with Gasteiger partial charge in [-0.3, -0.25) is 19.3 Å². The summed E-state index contributed by atoms with van der Waals surface area (Å²) in [5.41, 5.74) is 0.829. The average Bonchev–Trinajstić information content (AvgIpc) is 2.68. The SMILES string of the molecule is CC(C)OC(=O)CN1C(=O)S/C(=C/c2ccc(I)cc2)C1=O. The molecule has 0 aromatic heterocycles. The van der Waals surface area contributed by atoms with Gasteiger partial charge in [0.1, 0.15) is 6.54 Å². The molecule has 1 saturated heterocycles. The molecule has 22 heavy (non-hydrogen) atoms. The lowest BCUT2D eigenvalue weighted by Crippen LogP contribution is -2.35. The van der Waals surface area contributed by atoms with Gasteiger partial charge in [-0.25, -0.2) is 0 Å². The third-order valence-electron chi connectivity index (χ3n) is 2.70. The number of amides is 2. The topological polar surface area (TPSA) is 63.7 Å². The molecule has 0 saturated carbocycles. The molecule has 1 aliphatic rings. The van der Waals surface area contributed by atoms with E-state index in [1.54, 1.807) is 19.9 Å². The monoisotopic (exact) mass is 431 g/mol. The van der Waals surface area contributed by atoms with Crippen LogP contribution in [-0.4, -0.2) is 34.7 Å². The summed E-state index contributed by atoms with van der Waals surface area (Å²) in [6.45, 7) is 3.07. The van der Waals surface area contributed by atoms with Crippen molar-refractivity contribution in [1.82, 2.24) is 4.90 Å². The van der Waals surface area contributed by atoms with Gasteiger partial charge in [-0.15, -0.1) is 0 Å². The number of carbonyl (C=O) groups is 3. The first-order valence-electron chi connectivity index (χ1n) is 6.57. The highest BCUT2D eigenvalue weighted by Crippen LogP contribution is 2.32. The lowest BCUT2D eigenvalue weighted by molar-refractivity contribution is -0.149. The molecule has 0 aliphatic carbocycles. The van der Waals surface area contributed by atoms with Gasteiger partial charge in [-0.2, -0.15) is 0 Å². The lowest BCUT2D eigenvalue weighted by Gasteiger charge is -2.13. The fourth-order valence-corrected chi connectivity index (χ4v) is 2.97. The van der Waals surface area contributed by atoms with Crippen LogP contribution in [0.1, 0.15) is 19.4 Å². The minimum absolute atomic E-state index is 0.283. The van der Waals surface area contributed by atoms with E-state index >= 15 is 0 Å². The van der Waals surface area contributed by atoms with Gasteiger partial charge in [-0.05, 0) is 72.0 Å². The highest BCUT2D eigenvalue weighted by atomic mass is 127. The van der Waals surface area contributed by atoms with E-state index in [1.165, 1.54) is 0 Å². The molecule has 5 nitrogen and oxygen atoms in total. The maximum Gasteiger partial charge on any atom is 0.326 e. The van der Waals surface area contributed by atoms with E-state index in [9.17, 15) is 14.4 Å². The Balaban J connectivity index is 2.11. The fourth-order valence-electron chi connectivity index (χ4n) is 1.78. The van der Waals surface area contributed by atoms with Crippen LogP contribution in [-0.2, 0) is 14.3 Å². The van der Waals surface area contributed by atoms with Crippen LogP contribution in [0.4, 0.5) is 4.79 Å². The number of hydrogen-bond acceptors (Lipinski definition) is 5. The van der Waals surface area contributed by atoms with Crippen molar-refractivity contribution in [2.45, 2.75) is 20.0 Å². The molecule has 1 heterocycles. The molecule has 0 unspecified atom stereocenters. The number of benzene rings is 1. The first kappa shape index (κ1) is 17.0. The minimum atomic E-state index is -0.590. The molecule has 116 valence electrons. The highest BCUT2D eigenvalue weighted by molar-refractivity contribution is 14.1. The van der Waals surface area contributed by atoms with Gasteiger partial charge >= 0.3 is 5.97 Å². The number of ether oxygens (including phenoxy) is 1. The smallest absolute Gasteiger partial charge is 0.326 e. The molecule has 0 N–H and O–H groups in total. The van der Waals surface area contributed by atoms with Gasteiger partial charge in [0.2, 0.25) is 0 Å². The molecular weight excluding hydrogens is 417 g/mol. The van der Waals surface area contributed by atoms with E-state index in [2.05, 4.69) is 22.6 Å². The maximum atomic E-state index is 12.2. The van der Waals surface area contributed by atoms with Crippen molar-refractivity contribution in [3.63, 3.8) is 0 Å². The number of rotatable bonds is 4. The quantitative estimate of drug-likeness (QED) is 0.416. The summed E-state index contributed by atoms with van der Waals surface area (Å²) in [5.74, 6) is -1.05. The molecule has 2 rings (SSSR count). The van der Waals surface area contributed by atoms with Crippen molar-refractivity contribution < 1.29 is 19.1 Å². The van der Waals surface area contributed by atoms with Gasteiger partial charge in [-0.1, -0.05) is 12.1 Å². The van der Waals surface area contributed by atoms with Crippen molar-refractivity contribution >= 4 is 57.5 Å². The molecule has 1 aromatic carbocycles. The summed E-state index contributed by atoms with van der Waals surface area (Å²) in [5, 5.41) is -0.456. The van der Waals surface area contributed by atoms with Gasteiger partial charge < -0.3 is 4.74 Å². The van der Waals surface area contributed by atoms with Gasteiger partial charge in [0.05, 0.1) is 11.0 Å². The molecule has 0 atom stereocenters. The predicted octanol–water partition coefficient (Wildman–Crippen LogP) is 3.28. The third kappa shape index (κ3) is 4.33. The molecule has 0 bridgehead atoms. The molecule has 2 amide bonds. The second-order valence-electron chi connectivity index (χ2n) is 4.86. The molecule has 0 spiro atoms. The van der Waals surface area contributed by atoms with Crippen LogP contribution >= 0.6 is 34.4 Å². The largest absolute Gasteiger partial charge is 0.462 e. The second-order valence-corrected chi connectivity index (χ2v) is 7.10. The van der Waals surface area contributed by atoms with Crippen LogP contribution < -0.4 is 0 Å². The lowest BCUT2D eigenvalue weighted by atomic mass is 10.2. The Bertz CT molecular complexity index is 639. The van der Waals surface area contributed by atoms with Crippen molar-refractivity contribution in [3.05, 3.63) is 38.3 Å². The Morgan fingerprint density at radius 3 is 2.55 bits per heavy atom. The van der Waals surface area contributed by atoms with Crippen LogP contribution in [0.15, 0.2) is 29.2 Å². The predicted molar refractivity (Wildman–Crippen MR) is 93.1 cm³/mol. The summed E-state index contributed by atoms with van der Waals surface area (Å²) in [4.78, 5) is 36.9. The maximum absolute atomic E-state index is 12.2. The number of nitrogens with zero attached hydrogens (tertiary/aromatic N) is 1. The van der Waals surface area contributed by atoms with E-state index in [0.717, 1.165) is 25.8 Å². The number of thioether (sulfide) groups is 1. The zero-order valence-electron chi connectivity index (χ0n) is 12.0. The average molecular weight is 431 g/mol. The van der Waals surface area contributed by atoms with E-state index in [1.807, 2.05) is 24.3 Å². The number of halogens is 1. The first-order valence-corrected chi connectivity index (χ1v) is 8.47. The Kier molecular flexibility index (Phi) is 5.63. The number of imide groups is 1. The molecule has 1 fully saturated rings. The second kappa shape index (κ2) is 7.28. The first-order chi connectivity index (χ1) is 10.4.